The molecule has 34 heavy (non-hydrogen) atoms. The van der Waals surface area contributed by atoms with Crippen molar-refractivity contribution in [1.82, 2.24) is 4.90 Å². The summed E-state index contributed by atoms with van der Waals surface area (Å²) in [5.41, 5.74) is 1.40. The highest BCUT2D eigenvalue weighted by molar-refractivity contribution is 7.53. The van der Waals surface area contributed by atoms with Gasteiger partial charge in [0.25, 0.3) is 0 Å². The maximum absolute atomic E-state index is 13.4. The zero-order valence-corrected chi connectivity index (χ0v) is 21.2. The van der Waals surface area contributed by atoms with Gasteiger partial charge in [0.05, 0.1) is 11.5 Å². The monoisotopic (exact) mass is 476 g/mol. The van der Waals surface area contributed by atoms with Crippen LogP contribution < -0.4 is 4.52 Å². The van der Waals surface area contributed by atoms with E-state index in [2.05, 4.69) is 35.2 Å². The van der Waals surface area contributed by atoms with Crippen molar-refractivity contribution in [2.75, 3.05) is 6.66 Å². The Morgan fingerprint density at radius 2 is 1.32 bits per heavy atom. The predicted molar refractivity (Wildman–Crippen MR) is 136 cm³/mol. The summed E-state index contributed by atoms with van der Waals surface area (Å²) < 4.78 is 25.4. The van der Waals surface area contributed by atoms with Gasteiger partial charge < -0.3 is 4.52 Å². The summed E-state index contributed by atoms with van der Waals surface area (Å²) in [6.07, 6.45) is -0.663. The third-order valence-corrected chi connectivity index (χ3v) is 6.94. The Morgan fingerprint density at radius 1 is 0.882 bits per heavy atom. The zero-order valence-electron chi connectivity index (χ0n) is 20.3. The average molecular weight is 477 g/mol. The minimum Gasteiger partial charge on any atom is -0.425 e. The highest BCUT2D eigenvalue weighted by Gasteiger charge is 2.42. The van der Waals surface area contributed by atoms with Gasteiger partial charge in [-0.25, -0.2) is 4.57 Å². The van der Waals surface area contributed by atoms with Crippen molar-refractivity contribution in [2.45, 2.75) is 46.0 Å². The molecule has 178 valence electrons. The maximum Gasteiger partial charge on any atom is 0.376 e. The first-order chi connectivity index (χ1) is 16.2. The van der Waals surface area contributed by atoms with Gasteiger partial charge in [-0.1, -0.05) is 78.9 Å². The SMILES string of the molecule is C[C@H]([C@@H](OP(C)(=O)Oc1ccccc1)C(C)(C)C#N)N(Cc1ccccc1)Cc1ccccc1. The zero-order chi connectivity index (χ0) is 24.6. The molecule has 0 heterocycles. The maximum atomic E-state index is 13.4. The predicted octanol–water partition coefficient (Wildman–Crippen LogP) is 6.91. The Bertz CT molecular complexity index is 1070. The lowest BCUT2D eigenvalue weighted by Gasteiger charge is -2.40. The van der Waals surface area contributed by atoms with Crippen molar-refractivity contribution >= 4 is 7.60 Å². The first-order valence-electron chi connectivity index (χ1n) is 11.4. The highest BCUT2D eigenvalue weighted by atomic mass is 31.2. The van der Waals surface area contributed by atoms with Crippen molar-refractivity contribution in [1.29, 1.82) is 5.26 Å². The number of hydrogen-bond donors (Lipinski definition) is 0. The van der Waals surface area contributed by atoms with Crippen LogP contribution in [0.4, 0.5) is 0 Å². The molecule has 3 aromatic rings. The first-order valence-corrected chi connectivity index (χ1v) is 13.4. The molecule has 0 saturated carbocycles. The third-order valence-electron chi connectivity index (χ3n) is 5.79. The van der Waals surface area contributed by atoms with E-state index >= 15 is 0 Å². The molecule has 0 radical (unpaired) electrons. The molecule has 6 heteroatoms. The van der Waals surface area contributed by atoms with Crippen LogP contribution in [0.25, 0.3) is 0 Å². The summed E-state index contributed by atoms with van der Waals surface area (Å²) in [6.45, 7) is 8.45. The lowest BCUT2D eigenvalue weighted by molar-refractivity contribution is 0.00952. The summed E-state index contributed by atoms with van der Waals surface area (Å²) in [7, 11) is -3.52. The number of rotatable bonds is 11. The molecule has 0 N–H and O–H groups in total. The van der Waals surface area contributed by atoms with E-state index in [1.165, 1.54) is 6.66 Å². The molecule has 0 spiro atoms. The fourth-order valence-electron chi connectivity index (χ4n) is 3.96. The molecule has 1 unspecified atom stereocenters. The second-order valence-corrected chi connectivity index (χ2v) is 11.1. The highest BCUT2D eigenvalue weighted by Crippen LogP contribution is 2.49. The van der Waals surface area contributed by atoms with Gasteiger partial charge in [-0.3, -0.25) is 9.42 Å². The van der Waals surface area contributed by atoms with E-state index in [9.17, 15) is 9.83 Å². The van der Waals surface area contributed by atoms with Crippen molar-refractivity contribution < 1.29 is 13.6 Å². The molecule has 0 aliphatic carbocycles. The van der Waals surface area contributed by atoms with Crippen LogP contribution >= 0.6 is 7.60 Å². The largest absolute Gasteiger partial charge is 0.425 e. The topological polar surface area (TPSA) is 62.6 Å². The van der Waals surface area contributed by atoms with Crippen LogP contribution in [0.1, 0.15) is 31.9 Å². The first kappa shape index (κ1) is 25.7. The molecule has 0 aromatic heterocycles. The Hall–Kier alpha value is -2.90. The Kier molecular flexibility index (Phi) is 8.69. The van der Waals surface area contributed by atoms with Gasteiger partial charge in [0, 0.05) is 25.8 Å². The van der Waals surface area contributed by atoms with Crippen LogP contribution in [-0.4, -0.2) is 23.7 Å². The van der Waals surface area contributed by atoms with E-state index in [4.69, 9.17) is 9.05 Å². The average Bonchev–Trinajstić information content (AvgIpc) is 2.83. The molecular formula is C28H33N2O3P. The molecule has 0 amide bonds. The van der Waals surface area contributed by atoms with Crippen LogP contribution in [0.15, 0.2) is 91.0 Å². The lowest BCUT2D eigenvalue weighted by Crippen LogP contribution is -2.48. The van der Waals surface area contributed by atoms with Crippen LogP contribution in [-0.2, 0) is 22.2 Å². The minimum atomic E-state index is -3.52. The number of hydrogen-bond acceptors (Lipinski definition) is 5. The van der Waals surface area contributed by atoms with Crippen LogP contribution in [0.3, 0.4) is 0 Å². The van der Waals surface area contributed by atoms with E-state index in [0.29, 0.717) is 18.8 Å². The fourth-order valence-corrected chi connectivity index (χ4v) is 5.36. The Labute approximate surface area is 203 Å². The molecule has 3 atom stereocenters. The third kappa shape index (κ3) is 7.30. The molecule has 5 nitrogen and oxygen atoms in total. The van der Waals surface area contributed by atoms with Crippen LogP contribution in [0.5, 0.6) is 5.75 Å². The molecule has 0 fully saturated rings. The van der Waals surface area contributed by atoms with E-state index in [1.54, 1.807) is 12.1 Å². The van der Waals surface area contributed by atoms with Gasteiger partial charge in [-0.15, -0.1) is 0 Å². The summed E-state index contributed by atoms with van der Waals surface area (Å²) in [4.78, 5) is 2.26. The van der Waals surface area contributed by atoms with Gasteiger partial charge in [0.15, 0.2) is 0 Å². The smallest absolute Gasteiger partial charge is 0.376 e. The van der Waals surface area contributed by atoms with Gasteiger partial charge in [0.1, 0.15) is 11.9 Å². The molecule has 3 rings (SSSR count). The number of nitrogens with zero attached hydrogens (tertiary/aromatic N) is 2. The normalized spacial score (nSPS) is 15.2. The second-order valence-electron chi connectivity index (χ2n) is 9.15. The summed E-state index contributed by atoms with van der Waals surface area (Å²) >= 11 is 0. The Morgan fingerprint density at radius 3 is 1.76 bits per heavy atom. The van der Waals surface area contributed by atoms with Gasteiger partial charge in [0.2, 0.25) is 0 Å². The molecule has 0 aliphatic heterocycles. The van der Waals surface area contributed by atoms with Crippen LogP contribution in [0, 0.1) is 16.7 Å². The van der Waals surface area contributed by atoms with E-state index < -0.39 is 19.1 Å². The molecule has 0 saturated heterocycles. The van der Waals surface area contributed by atoms with Gasteiger partial charge in [-0.2, -0.15) is 5.26 Å². The van der Waals surface area contributed by atoms with Gasteiger partial charge in [-0.05, 0) is 44.0 Å². The summed E-state index contributed by atoms with van der Waals surface area (Å²) in [6, 6.07) is 31.5. The Balaban J connectivity index is 1.91. The summed E-state index contributed by atoms with van der Waals surface area (Å²) in [5.74, 6) is 0.472. The van der Waals surface area contributed by atoms with Gasteiger partial charge >= 0.3 is 7.60 Å². The number of para-hydroxylation sites is 1. The van der Waals surface area contributed by atoms with Crippen molar-refractivity contribution in [3.05, 3.63) is 102 Å². The van der Waals surface area contributed by atoms with E-state index in [0.717, 1.165) is 11.1 Å². The molecular weight excluding hydrogens is 443 g/mol. The lowest BCUT2D eigenvalue weighted by atomic mass is 9.84. The van der Waals surface area contributed by atoms with Crippen molar-refractivity contribution in [3.63, 3.8) is 0 Å². The summed E-state index contributed by atoms with van der Waals surface area (Å²) in [5, 5.41) is 9.98. The van der Waals surface area contributed by atoms with E-state index in [-0.39, 0.29) is 6.04 Å². The molecule has 0 aliphatic rings. The van der Waals surface area contributed by atoms with E-state index in [1.807, 2.05) is 75.4 Å². The van der Waals surface area contributed by atoms with Crippen molar-refractivity contribution in [3.8, 4) is 11.8 Å². The minimum absolute atomic E-state index is 0.234. The standard InChI is InChI=1S/C28H33N2O3P/c1-23(30(20-24-14-8-5-9-15-24)21-25-16-10-6-11-17-25)27(28(2,3)22-29)33-34(4,31)32-26-18-12-7-13-19-26/h5-19,23,27H,20-21H2,1-4H3/t23-,27-,34?/m1/s1. The molecule has 3 aromatic carbocycles. The number of benzene rings is 3. The molecule has 0 bridgehead atoms. The number of nitriles is 1. The quantitative estimate of drug-likeness (QED) is 0.281. The van der Waals surface area contributed by atoms with Crippen LogP contribution in [0.2, 0.25) is 0 Å². The fraction of sp³-hybridized carbons (Fsp3) is 0.321. The second kappa shape index (κ2) is 11.5. The van der Waals surface area contributed by atoms with Crippen molar-refractivity contribution in [2.24, 2.45) is 5.41 Å².